The van der Waals surface area contributed by atoms with Crippen LogP contribution in [0.1, 0.15) is 5.56 Å². The number of hydrogen-bond acceptors (Lipinski definition) is 3. The first-order valence-corrected chi connectivity index (χ1v) is 6.39. The molecular formula is C14H18N2O2. The Balaban J connectivity index is 1.62. The average Bonchev–Trinajstić information content (AvgIpc) is 2.40. The van der Waals surface area contributed by atoms with E-state index in [0.29, 0.717) is 0 Å². The van der Waals surface area contributed by atoms with Crippen LogP contribution in [0, 0.1) is 0 Å². The smallest absolute Gasteiger partial charge is 0.254 e. The van der Waals surface area contributed by atoms with Crippen LogP contribution in [0.15, 0.2) is 30.3 Å². The molecule has 2 aliphatic rings. The Morgan fingerprint density at radius 1 is 1.28 bits per heavy atom. The lowest BCUT2D eigenvalue weighted by atomic mass is 9.94. The molecule has 1 amide bonds. The second-order valence-corrected chi connectivity index (χ2v) is 4.98. The highest BCUT2D eigenvalue weighted by Gasteiger charge is 2.49. The summed E-state index contributed by atoms with van der Waals surface area (Å²) in [5.41, 5.74) is 1.32. The molecule has 4 heteroatoms. The number of rotatable bonds is 3. The highest BCUT2D eigenvalue weighted by Crippen LogP contribution is 2.27. The van der Waals surface area contributed by atoms with Crippen molar-refractivity contribution in [1.29, 1.82) is 0 Å². The Bertz CT molecular complexity index is 427. The molecule has 2 saturated heterocycles. The Hall–Kier alpha value is -1.39. The van der Waals surface area contributed by atoms with Gasteiger partial charge in [-0.1, -0.05) is 30.3 Å². The fraction of sp³-hybridized carbons (Fsp3) is 0.500. The summed E-state index contributed by atoms with van der Waals surface area (Å²) in [5.74, 6) is 0.155. The van der Waals surface area contributed by atoms with E-state index in [4.69, 9.17) is 4.74 Å². The molecule has 0 saturated carbocycles. The summed E-state index contributed by atoms with van der Waals surface area (Å²) in [6.45, 7) is 3.65. The Morgan fingerprint density at radius 3 is 2.78 bits per heavy atom. The molecule has 0 bridgehead atoms. The van der Waals surface area contributed by atoms with Gasteiger partial charge >= 0.3 is 0 Å². The van der Waals surface area contributed by atoms with Crippen LogP contribution in [0.4, 0.5) is 0 Å². The van der Waals surface area contributed by atoms with Crippen molar-refractivity contribution in [3.63, 3.8) is 0 Å². The van der Waals surface area contributed by atoms with E-state index in [2.05, 4.69) is 29.2 Å². The van der Waals surface area contributed by atoms with Gasteiger partial charge in [0.15, 0.2) is 6.10 Å². The largest absolute Gasteiger partial charge is 0.369 e. The second kappa shape index (κ2) is 4.71. The van der Waals surface area contributed by atoms with Gasteiger partial charge < -0.3 is 9.64 Å². The van der Waals surface area contributed by atoms with Crippen LogP contribution in [0.2, 0.25) is 0 Å². The second-order valence-electron chi connectivity index (χ2n) is 4.98. The van der Waals surface area contributed by atoms with Crippen molar-refractivity contribution < 1.29 is 9.53 Å². The van der Waals surface area contributed by atoms with E-state index in [-0.39, 0.29) is 18.1 Å². The minimum Gasteiger partial charge on any atom is -0.369 e. The highest BCUT2D eigenvalue weighted by molar-refractivity contribution is 5.88. The molecule has 0 N–H and O–H groups in total. The van der Waals surface area contributed by atoms with Crippen molar-refractivity contribution in [2.24, 2.45) is 0 Å². The number of piperazine rings is 1. The van der Waals surface area contributed by atoms with Gasteiger partial charge in [0.2, 0.25) is 0 Å². The van der Waals surface area contributed by atoms with Gasteiger partial charge in [0, 0.05) is 33.3 Å². The number of ether oxygens (including phenoxy) is 1. The van der Waals surface area contributed by atoms with Gasteiger partial charge in [-0.2, -0.15) is 0 Å². The molecule has 2 atom stereocenters. The third kappa shape index (κ3) is 1.91. The Labute approximate surface area is 107 Å². The molecule has 1 aromatic rings. The first-order chi connectivity index (χ1) is 8.79. The molecule has 3 rings (SSSR count). The fourth-order valence-electron chi connectivity index (χ4n) is 2.89. The van der Waals surface area contributed by atoms with E-state index in [1.54, 1.807) is 7.11 Å². The number of hydrogen-bond donors (Lipinski definition) is 0. The molecule has 2 aliphatic heterocycles. The van der Waals surface area contributed by atoms with Crippen LogP contribution in [-0.4, -0.2) is 54.6 Å². The molecule has 1 aromatic carbocycles. The fourth-order valence-corrected chi connectivity index (χ4v) is 2.89. The third-order valence-electron chi connectivity index (χ3n) is 3.88. The predicted molar refractivity (Wildman–Crippen MR) is 68.0 cm³/mol. The van der Waals surface area contributed by atoms with Crippen molar-refractivity contribution in [1.82, 2.24) is 9.80 Å². The van der Waals surface area contributed by atoms with Crippen molar-refractivity contribution in [2.75, 3.05) is 26.7 Å². The van der Waals surface area contributed by atoms with Gasteiger partial charge in [-0.25, -0.2) is 0 Å². The number of carbonyl (C=O) groups is 1. The summed E-state index contributed by atoms with van der Waals surface area (Å²) in [7, 11) is 1.62. The lowest BCUT2D eigenvalue weighted by Gasteiger charge is -2.52. The van der Waals surface area contributed by atoms with Gasteiger partial charge in [0.1, 0.15) is 0 Å². The van der Waals surface area contributed by atoms with Crippen molar-refractivity contribution >= 4 is 5.91 Å². The van der Waals surface area contributed by atoms with Crippen LogP contribution >= 0.6 is 0 Å². The number of fused-ring (bicyclic) bond motifs is 1. The van der Waals surface area contributed by atoms with E-state index in [9.17, 15) is 4.79 Å². The van der Waals surface area contributed by atoms with E-state index >= 15 is 0 Å². The zero-order chi connectivity index (χ0) is 12.5. The lowest BCUT2D eigenvalue weighted by molar-refractivity contribution is -0.177. The quantitative estimate of drug-likeness (QED) is 0.737. The standard InChI is InChI=1S/C14H18N2O2/c1-18-13-12-10-15(7-8-16(12)14(13)17)9-11-5-3-2-4-6-11/h2-6,12-13H,7-10H2,1H3/t12-,13+/m0/s1. The van der Waals surface area contributed by atoms with Gasteiger partial charge in [0.25, 0.3) is 5.91 Å². The summed E-state index contributed by atoms with van der Waals surface area (Å²) in [6, 6.07) is 10.7. The molecule has 0 aromatic heterocycles. The monoisotopic (exact) mass is 246 g/mol. The number of β-lactam (4-membered cyclic amide) rings is 1. The highest BCUT2D eigenvalue weighted by atomic mass is 16.5. The Morgan fingerprint density at radius 2 is 2.06 bits per heavy atom. The first kappa shape index (κ1) is 11.7. The zero-order valence-corrected chi connectivity index (χ0v) is 10.6. The van der Waals surface area contributed by atoms with Crippen LogP contribution in [0.25, 0.3) is 0 Å². The maximum absolute atomic E-state index is 11.7. The minimum absolute atomic E-state index is 0.155. The Kier molecular flexibility index (Phi) is 3.06. The third-order valence-corrected chi connectivity index (χ3v) is 3.88. The first-order valence-electron chi connectivity index (χ1n) is 6.39. The molecule has 0 aliphatic carbocycles. The molecule has 18 heavy (non-hydrogen) atoms. The van der Waals surface area contributed by atoms with E-state index < -0.39 is 0 Å². The van der Waals surface area contributed by atoms with Crippen LogP contribution in [0.5, 0.6) is 0 Å². The maximum atomic E-state index is 11.7. The van der Waals surface area contributed by atoms with Crippen LogP contribution in [-0.2, 0) is 16.1 Å². The van der Waals surface area contributed by atoms with Crippen LogP contribution in [0.3, 0.4) is 0 Å². The molecule has 0 spiro atoms. The topological polar surface area (TPSA) is 32.8 Å². The predicted octanol–water partition coefficient (Wildman–Crippen LogP) is 0.728. The van der Waals surface area contributed by atoms with Crippen molar-refractivity contribution in [2.45, 2.75) is 18.7 Å². The lowest BCUT2D eigenvalue weighted by Crippen LogP contribution is -2.72. The molecule has 0 radical (unpaired) electrons. The molecule has 2 fully saturated rings. The SMILES string of the molecule is CO[C@H]1C(=O)N2CCN(Cc3ccccc3)C[C@@H]12. The van der Waals surface area contributed by atoms with Crippen molar-refractivity contribution in [3.8, 4) is 0 Å². The molecule has 0 unspecified atom stereocenters. The van der Waals surface area contributed by atoms with Gasteiger partial charge in [-0.05, 0) is 5.56 Å². The average molecular weight is 246 g/mol. The summed E-state index contributed by atoms with van der Waals surface area (Å²) in [6.07, 6.45) is -0.219. The van der Waals surface area contributed by atoms with Crippen LogP contribution < -0.4 is 0 Å². The molecule has 96 valence electrons. The maximum Gasteiger partial charge on any atom is 0.254 e. The summed E-state index contributed by atoms with van der Waals surface area (Å²) in [4.78, 5) is 16.0. The van der Waals surface area contributed by atoms with Crippen molar-refractivity contribution in [3.05, 3.63) is 35.9 Å². The molecule has 4 nitrogen and oxygen atoms in total. The summed E-state index contributed by atoms with van der Waals surface area (Å²) < 4.78 is 5.25. The van der Waals surface area contributed by atoms with Gasteiger partial charge in [0.05, 0.1) is 6.04 Å². The zero-order valence-electron chi connectivity index (χ0n) is 10.6. The molecule has 2 heterocycles. The van der Waals surface area contributed by atoms with E-state index in [1.165, 1.54) is 5.56 Å². The van der Waals surface area contributed by atoms with E-state index in [1.807, 2.05) is 11.0 Å². The molecular weight excluding hydrogens is 228 g/mol. The number of methoxy groups -OCH3 is 1. The van der Waals surface area contributed by atoms with Gasteiger partial charge in [-0.15, -0.1) is 0 Å². The number of nitrogens with zero attached hydrogens (tertiary/aromatic N) is 2. The van der Waals surface area contributed by atoms with Gasteiger partial charge in [-0.3, -0.25) is 9.69 Å². The number of amides is 1. The number of carbonyl (C=O) groups excluding carboxylic acids is 1. The normalized spacial score (nSPS) is 27.8. The number of benzene rings is 1. The summed E-state index contributed by atoms with van der Waals surface area (Å²) >= 11 is 0. The minimum atomic E-state index is -0.219. The summed E-state index contributed by atoms with van der Waals surface area (Å²) in [5, 5.41) is 0. The van der Waals surface area contributed by atoms with E-state index in [0.717, 1.165) is 26.2 Å².